The number of nitro benzene ring substituents is 1. The van der Waals surface area contributed by atoms with Crippen LogP contribution >= 0.6 is 0 Å². The van der Waals surface area contributed by atoms with Crippen LogP contribution in [0.15, 0.2) is 54.6 Å². The fourth-order valence-corrected chi connectivity index (χ4v) is 3.84. The fraction of sp³-hybridized carbons (Fsp3) is 0.333. The number of benzene rings is 2. The van der Waals surface area contributed by atoms with Crippen molar-refractivity contribution in [1.29, 1.82) is 0 Å². The fourth-order valence-electron chi connectivity index (χ4n) is 3.84. The van der Waals surface area contributed by atoms with Crippen LogP contribution in [0, 0.1) is 16.0 Å². The molecule has 0 radical (unpaired) electrons. The van der Waals surface area contributed by atoms with E-state index in [9.17, 15) is 19.7 Å². The smallest absolute Gasteiger partial charge is 0.270 e. The zero-order chi connectivity index (χ0) is 19.7. The van der Waals surface area contributed by atoms with Gasteiger partial charge < -0.3 is 9.80 Å². The summed E-state index contributed by atoms with van der Waals surface area (Å²) in [6.45, 7) is 1.88. The lowest BCUT2D eigenvalue weighted by molar-refractivity contribution is -0.384. The van der Waals surface area contributed by atoms with Crippen LogP contribution in [0.2, 0.25) is 0 Å². The van der Waals surface area contributed by atoms with Crippen LogP contribution in [0.25, 0.3) is 0 Å². The molecule has 28 heavy (non-hydrogen) atoms. The van der Waals surface area contributed by atoms with Gasteiger partial charge in [-0.25, -0.2) is 0 Å². The Bertz CT molecular complexity index is 907. The summed E-state index contributed by atoms with van der Waals surface area (Å²) in [5.41, 5.74) is 1.42. The third-order valence-corrected chi connectivity index (χ3v) is 5.52. The maximum atomic E-state index is 12.8. The predicted octanol–water partition coefficient (Wildman–Crippen LogP) is 2.68. The first-order chi connectivity index (χ1) is 13.5. The summed E-state index contributed by atoms with van der Waals surface area (Å²) in [6.07, 6.45) is 0.885. The SMILES string of the molecule is O=C(c1cccc([N+](=O)[O-])c1)N1CCN(C(=O)C2CC2c2ccccc2)CC1. The molecule has 1 aliphatic carbocycles. The van der Waals surface area contributed by atoms with Gasteiger partial charge in [-0.1, -0.05) is 36.4 Å². The molecule has 1 saturated heterocycles. The molecule has 2 fully saturated rings. The highest BCUT2D eigenvalue weighted by molar-refractivity contribution is 5.95. The molecule has 1 heterocycles. The zero-order valence-corrected chi connectivity index (χ0v) is 15.4. The van der Waals surface area contributed by atoms with Crippen LogP contribution in [-0.4, -0.2) is 52.7 Å². The summed E-state index contributed by atoms with van der Waals surface area (Å²) >= 11 is 0. The van der Waals surface area contributed by atoms with E-state index in [-0.39, 0.29) is 23.4 Å². The summed E-state index contributed by atoms with van der Waals surface area (Å²) in [5, 5.41) is 10.9. The van der Waals surface area contributed by atoms with E-state index in [2.05, 4.69) is 12.1 Å². The number of non-ortho nitro benzene ring substituents is 1. The van der Waals surface area contributed by atoms with Crippen LogP contribution in [0.5, 0.6) is 0 Å². The third kappa shape index (κ3) is 3.60. The molecule has 2 aromatic rings. The van der Waals surface area contributed by atoms with Gasteiger partial charge in [0.05, 0.1) is 4.92 Å². The molecule has 2 aliphatic rings. The first kappa shape index (κ1) is 18.2. The minimum Gasteiger partial charge on any atom is -0.339 e. The van der Waals surface area contributed by atoms with Crippen molar-refractivity contribution in [2.75, 3.05) is 26.2 Å². The van der Waals surface area contributed by atoms with Crippen molar-refractivity contribution < 1.29 is 14.5 Å². The van der Waals surface area contributed by atoms with Gasteiger partial charge in [0, 0.05) is 49.8 Å². The summed E-state index contributed by atoms with van der Waals surface area (Å²) in [6, 6.07) is 15.9. The Morgan fingerprint density at radius 1 is 0.929 bits per heavy atom. The Hall–Kier alpha value is -3.22. The highest BCUT2D eigenvalue weighted by Crippen LogP contribution is 2.48. The molecule has 4 rings (SSSR count). The molecule has 1 saturated carbocycles. The molecular weight excluding hydrogens is 358 g/mol. The van der Waals surface area contributed by atoms with Crippen molar-refractivity contribution in [3.8, 4) is 0 Å². The van der Waals surface area contributed by atoms with Gasteiger partial charge in [0.1, 0.15) is 0 Å². The average Bonchev–Trinajstić information content (AvgIpc) is 3.54. The number of hydrogen-bond acceptors (Lipinski definition) is 4. The molecule has 2 atom stereocenters. The summed E-state index contributed by atoms with van der Waals surface area (Å²) < 4.78 is 0. The van der Waals surface area contributed by atoms with Crippen molar-refractivity contribution in [2.24, 2.45) is 5.92 Å². The Labute approximate surface area is 162 Å². The van der Waals surface area contributed by atoms with Crippen LogP contribution < -0.4 is 0 Å². The molecule has 2 aromatic carbocycles. The van der Waals surface area contributed by atoms with E-state index in [1.54, 1.807) is 11.0 Å². The monoisotopic (exact) mass is 379 g/mol. The first-order valence-electron chi connectivity index (χ1n) is 9.42. The summed E-state index contributed by atoms with van der Waals surface area (Å²) in [4.78, 5) is 39.3. The molecular formula is C21H21N3O4. The molecule has 144 valence electrons. The van der Waals surface area contributed by atoms with Gasteiger partial charge in [-0.15, -0.1) is 0 Å². The van der Waals surface area contributed by atoms with Crippen LogP contribution in [0.4, 0.5) is 5.69 Å². The van der Waals surface area contributed by atoms with Gasteiger partial charge in [-0.05, 0) is 24.0 Å². The van der Waals surface area contributed by atoms with E-state index in [4.69, 9.17) is 0 Å². The maximum absolute atomic E-state index is 12.8. The molecule has 7 nitrogen and oxygen atoms in total. The van der Waals surface area contributed by atoms with Crippen molar-refractivity contribution in [1.82, 2.24) is 9.80 Å². The molecule has 2 unspecified atom stereocenters. The van der Waals surface area contributed by atoms with Crippen LogP contribution in [0.1, 0.15) is 28.3 Å². The molecule has 0 bridgehead atoms. The van der Waals surface area contributed by atoms with E-state index in [0.29, 0.717) is 37.7 Å². The number of nitro groups is 1. The lowest BCUT2D eigenvalue weighted by Crippen LogP contribution is -2.51. The van der Waals surface area contributed by atoms with Crippen molar-refractivity contribution in [3.63, 3.8) is 0 Å². The van der Waals surface area contributed by atoms with E-state index in [1.807, 2.05) is 23.1 Å². The van der Waals surface area contributed by atoms with Gasteiger partial charge >= 0.3 is 0 Å². The lowest BCUT2D eigenvalue weighted by atomic mass is 10.1. The third-order valence-electron chi connectivity index (χ3n) is 5.52. The Morgan fingerprint density at radius 2 is 1.61 bits per heavy atom. The molecule has 2 amide bonds. The zero-order valence-electron chi connectivity index (χ0n) is 15.4. The van der Waals surface area contributed by atoms with Crippen LogP contribution in [-0.2, 0) is 4.79 Å². The van der Waals surface area contributed by atoms with Crippen LogP contribution in [0.3, 0.4) is 0 Å². The second kappa shape index (κ2) is 7.42. The lowest BCUT2D eigenvalue weighted by Gasteiger charge is -2.35. The number of piperazine rings is 1. The summed E-state index contributed by atoms with van der Waals surface area (Å²) in [7, 11) is 0. The van der Waals surface area contributed by atoms with Gasteiger partial charge in [-0.2, -0.15) is 0 Å². The number of rotatable bonds is 4. The molecule has 0 aromatic heterocycles. The second-order valence-corrected chi connectivity index (χ2v) is 7.28. The minimum absolute atomic E-state index is 0.0430. The van der Waals surface area contributed by atoms with Gasteiger partial charge in [0.25, 0.3) is 11.6 Å². The van der Waals surface area contributed by atoms with Crippen molar-refractivity contribution in [2.45, 2.75) is 12.3 Å². The highest BCUT2D eigenvalue weighted by Gasteiger charge is 2.46. The standard InChI is InChI=1S/C21H21N3O4/c25-20(16-7-4-8-17(13-16)24(27)28)22-9-11-23(12-10-22)21(26)19-14-18(19)15-5-2-1-3-6-15/h1-8,13,18-19H,9-12,14H2. The number of nitrogens with zero attached hydrogens (tertiary/aromatic N) is 3. The quantitative estimate of drug-likeness (QED) is 0.604. The Balaban J connectivity index is 1.33. The second-order valence-electron chi connectivity index (χ2n) is 7.28. The van der Waals surface area contributed by atoms with Crippen molar-refractivity contribution >= 4 is 17.5 Å². The molecule has 0 N–H and O–H groups in total. The number of carbonyl (C=O) groups is 2. The van der Waals surface area contributed by atoms with Gasteiger partial charge in [-0.3, -0.25) is 19.7 Å². The number of carbonyl (C=O) groups excluding carboxylic acids is 2. The molecule has 1 aliphatic heterocycles. The van der Waals surface area contributed by atoms with E-state index in [0.717, 1.165) is 6.42 Å². The van der Waals surface area contributed by atoms with Crippen molar-refractivity contribution in [3.05, 3.63) is 75.8 Å². The maximum Gasteiger partial charge on any atom is 0.270 e. The van der Waals surface area contributed by atoms with E-state index >= 15 is 0 Å². The molecule has 0 spiro atoms. The minimum atomic E-state index is -0.508. The topological polar surface area (TPSA) is 83.8 Å². The largest absolute Gasteiger partial charge is 0.339 e. The normalized spacial score (nSPS) is 21.3. The first-order valence-corrected chi connectivity index (χ1v) is 9.42. The van der Waals surface area contributed by atoms with E-state index in [1.165, 1.54) is 23.8 Å². The number of hydrogen-bond donors (Lipinski definition) is 0. The molecule has 7 heteroatoms. The van der Waals surface area contributed by atoms with Gasteiger partial charge in [0.15, 0.2) is 0 Å². The number of amides is 2. The highest BCUT2D eigenvalue weighted by atomic mass is 16.6. The summed E-state index contributed by atoms with van der Waals surface area (Å²) in [5.74, 6) is 0.278. The average molecular weight is 379 g/mol. The Kier molecular flexibility index (Phi) is 4.81. The Morgan fingerprint density at radius 3 is 2.29 bits per heavy atom. The van der Waals surface area contributed by atoms with Gasteiger partial charge in [0.2, 0.25) is 5.91 Å². The predicted molar refractivity (Wildman–Crippen MR) is 103 cm³/mol. The van der Waals surface area contributed by atoms with E-state index < -0.39 is 4.92 Å².